The number of anilines is 1. The molecule has 10 heteroatoms. The van der Waals surface area contributed by atoms with Crippen LogP contribution in [0.3, 0.4) is 0 Å². The van der Waals surface area contributed by atoms with Crippen LogP contribution >= 0.6 is 11.8 Å². The van der Waals surface area contributed by atoms with E-state index in [2.05, 4.69) is 10.5 Å². The van der Waals surface area contributed by atoms with Crippen LogP contribution in [0.4, 0.5) is 5.69 Å². The zero-order chi connectivity index (χ0) is 25.5. The molecule has 0 saturated carbocycles. The molecule has 0 unspecified atom stereocenters. The molecule has 1 amide bonds. The van der Waals surface area contributed by atoms with Gasteiger partial charge in [0.25, 0.3) is 15.9 Å². The Morgan fingerprint density at radius 2 is 1.81 bits per heavy atom. The van der Waals surface area contributed by atoms with Gasteiger partial charge in [0.1, 0.15) is 24.1 Å². The van der Waals surface area contributed by atoms with E-state index in [1.165, 1.54) is 25.5 Å². The number of ether oxygens (including phenoxy) is 2. The molecule has 0 bridgehead atoms. The Morgan fingerprint density at radius 3 is 2.44 bits per heavy atom. The Balaban J connectivity index is 1.49. The predicted octanol–water partition coefficient (Wildman–Crippen LogP) is 3.84. The van der Waals surface area contributed by atoms with E-state index >= 15 is 0 Å². The number of sulfonamides is 1. The number of hydrazone groups is 1. The molecule has 1 fully saturated rings. The monoisotopic (exact) mass is 525 g/mol. The van der Waals surface area contributed by atoms with Crippen molar-refractivity contribution in [1.29, 1.82) is 0 Å². The van der Waals surface area contributed by atoms with E-state index in [4.69, 9.17) is 9.47 Å². The third-order valence-electron chi connectivity index (χ3n) is 5.43. The lowest BCUT2D eigenvalue weighted by Gasteiger charge is -2.25. The lowest BCUT2D eigenvalue weighted by molar-refractivity contribution is -0.119. The third kappa shape index (κ3) is 6.38. The van der Waals surface area contributed by atoms with Crippen LogP contribution in [0.15, 0.2) is 82.8 Å². The van der Waals surface area contributed by atoms with E-state index in [0.717, 1.165) is 32.7 Å². The van der Waals surface area contributed by atoms with Gasteiger partial charge >= 0.3 is 0 Å². The molecule has 4 rings (SSSR count). The number of carbonyl (C=O) groups excluding carboxylic acids is 1. The molecule has 1 saturated heterocycles. The highest BCUT2D eigenvalue weighted by atomic mass is 32.2. The van der Waals surface area contributed by atoms with Crippen LogP contribution in [0.2, 0.25) is 0 Å². The molecule has 188 valence electrons. The van der Waals surface area contributed by atoms with E-state index in [1.807, 2.05) is 43.0 Å². The third-order valence-corrected chi connectivity index (χ3v) is 8.43. The lowest BCUT2D eigenvalue weighted by Crippen LogP contribution is -2.39. The van der Waals surface area contributed by atoms with Crippen molar-refractivity contribution >= 4 is 39.6 Å². The molecule has 1 heterocycles. The molecule has 0 aromatic heterocycles. The standard InChI is InChI=1S/C26H27N3O5S2/c1-19-6-12-25(13-7-19)36(31,32)29(21-8-10-22(33-2)11-9-21)16-26(30)28-27-15-20-4-3-5-23(14-20)34-24-17-35-18-24/h3-15,24H,16-18H2,1-2H3,(H,28,30)/b27-15+. The highest BCUT2D eigenvalue weighted by Crippen LogP contribution is 2.26. The Kier molecular flexibility index (Phi) is 8.17. The van der Waals surface area contributed by atoms with Gasteiger partial charge in [-0.15, -0.1) is 0 Å². The maximum atomic E-state index is 13.4. The Hall–Kier alpha value is -3.50. The van der Waals surface area contributed by atoms with Crippen LogP contribution in [0.25, 0.3) is 0 Å². The van der Waals surface area contributed by atoms with Gasteiger partial charge in [0, 0.05) is 11.5 Å². The van der Waals surface area contributed by atoms with Gasteiger partial charge in [-0.3, -0.25) is 9.10 Å². The van der Waals surface area contributed by atoms with Crippen LogP contribution in [0, 0.1) is 6.92 Å². The summed E-state index contributed by atoms with van der Waals surface area (Å²) in [4.78, 5) is 12.8. The molecule has 0 spiro atoms. The van der Waals surface area contributed by atoms with Crippen molar-refractivity contribution in [3.8, 4) is 11.5 Å². The van der Waals surface area contributed by atoms with E-state index in [1.54, 1.807) is 36.4 Å². The summed E-state index contributed by atoms with van der Waals surface area (Å²) in [5.74, 6) is 2.68. The van der Waals surface area contributed by atoms with Gasteiger partial charge in [-0.1, -0.05) is 29.8 Å². The van der Waals surface area contributed by atoms with Crippen LogP contribution in [0.1, 0.15) is 11.1 Å². The van der Waals surface area contributed by atoms with Crippen molar-refractivity contribution in [2.75, 3.05) is 29.5 Å². The molecular formula is C26H27N3O5S2. The van der Waals surface area contributed by atoms with Crippen molar-refractivity contribution in [2.24, 2.45) is 5.10 Å². The number of hydrogen-bond donors (Lipinski definition) is 1. The number of thioether (sulfide) groups is 1. The van der Waals surface area contributed by atoms with Gasteiger partial charge in [-0.25, -0.2) is 13.8 Å². The van der Waals surface area contributed by atoms with Crippen molar-refractivity contribution in [3.05, 3.63) is 83.9 Å². The zero-order valence-corrected chi connectivity index (χ0v) is 21.6. The number of aryl methyl sites for hydroxylation is 1. The molecule has 3 aromatic carbocycles. The Morgan fingerprint density at radius 1 is 1.08 bits per heavy atom. The normalized spacial score (nSPS) is 13.7. The SMILES string of the molecule is COc1ccc(N(CC(=O)N/N=C/c2cccc(OC3CSC3)c2)S(=O)(=O)c2ccc(C)cc2)cc1. The second kappa shape index (κ2) is 11.5. The molecule has 1 aliphatic heterocycles. The minimum atomic E-state index is -4.02. The highest BCUT2D eigenvalue weighted by molar-refractivity contribution is 8.00. The second-order valence-electron chi connectivity index (χ2n) is 8.17. The molecule has 3 aromatic rings. The minimum absolute atomic E-state index is 0.0851. The smallest absolute Gasteiger partial charge is 0.264 e. The summed E-state index contributed by atoms with van der Waals surface area (Å²) in [6, 6.07) is 20.3. The van der Waals surface area contributed by atoms with Gasteiger partial charge in [0.05, 0.1) is 23.9 Å². The first-order valence-electron chi connectivity index (χ1n) is 11.2. The zero-order valence-electron chi connectivity index (χ0n) is 20.0. The summed E-state index contributed by atoms with van der Waals surface area (Å²) in [6.07, 6.45) is 1.72. The maximum absolute atomic E-state index is 13.4. The number of benzene rings is 3. The molecule has 0 radical (unpaired) electrons. The van der Waals surface area contributed by atoms with Gasteiger partial charge in [0.2, 0.25) is 0 Å². The Labute approximate surface area is 215 Å². The largest absolute Gasteiger partial charge is 0.497 e. The van der Waals surface area contributed by atoms with E-state index in [9.17, 15) is 13.2 Å². The number of nitrogens with one attached hydrogen (secondary N) is 1. The minimum Gasteiger partial charge on any atom is -0.497 e. The average Bonchev–Trinajstić information content (AvgIpc) is 2.85. The summed E-state index contributed by atoms with van der Waals surface area (Å²) in [5, 5.41) is 4.01. The van der Waals surface area contributed by atoms with Gasteiger partial charge in [-0.2, -0.15) is 16.9 Å². The topological polar surface area (TPSA) is 97.3 Å². The highest BCUT2D eigenvalue weighted by Gasteiger charge is 2.27. The molecule has 1 N–H and O–H groups in total. The van der Waals surface area contributed by atoms with Crippen molar-refractivity contribution in [2.45, 2.75) is 17.9 Å². The fourth-order valence-corrected chi connectivity index (χ4v) is 5.37. The first-order valence-corrected chi connectivity index (χ1v) is 13.8. The number of rotatable bonds is 10. The Bertz CT molecular complexity index is 1320. The predicted molar refractivity (Wildman–Crippen MR) is 143 cm³/mol. The average molecular weight is 526 g/mol. The van der Waals surface area contributed by atoms with E-state index in [0.29, 0.717) is 11.4 Å². The van der Waals surface area contributed by atoms with Crippen molar-refractivity contribution < 1.29 is 22.7 Å². The first-order chi connectivity index (χ1) is 17.3. The molecule has 8 nitrogen and oxygen atoms in total. The van der Waals surface area contributed by atoms with E-state index < -0.39 is 22.5 Å². The van der Waals surface area contributed by atoms with Gasteiger partial charge < -0.3 is 9.47 Å². The van der Waals surface area contributed by atoms with Crippen LogP contribution in [-0.2, 0) is 14.8 Å². The fourth-order valence-electron chi connectivity index (χ4n) is 3.39. The van der Waals surface area contributed by atoms with Crippen LogP contribution in [-0.4, -0.2) is 51.8 Å². The molecule has 36 heavy (non-hydrogen) atoms. The summed E-state index contributed by atoms with van der Waals surface area (Å²) >= 11 is 1.84. The second-order valence-corrected chi connectivity index (χ2v) is 11.1. The van der Waals surface area contributed by atoms with Crippen molar-refractivity contribution in [3.63, 3.8) is 0 Å². The number of methoxy groups -OCH3 is 1. The van der Waals surface area contributed by atoms with E-state index in [-0.39, 0.29) is 11.0 Å². The van der Waals surface area contributed by atoms with Gasteiger partial charge in [-0.05, 0) is 61.0 Å². The molecular weight excluding hydrogens is 498 g/mol. The summed E-state index contributed by atoms with van der Waals surface area (Å²) in [5.41, 5.74) is 4.43. The molecule has 1 aliphatic rings. The summed E-state index contributed by atoms with van der Waals surface area (Å²) < 4.78 is 39.0. The number of nitrogens with zero attached hydrogens (tertiary/aromatic N) is 2. The number of amides is 1. The molecule has 0 atom stereocenters. The first kappa shape index (κ1) is 25.6. The molecule has 0 aliphatic carbocycles. The van der Waals surface area contributed by atoms with Crippen molar-refractivity contribution in [1.82, 2.24) is 5.43 Å². The summed E-state index contributed by atoms with van der Waals surface area (Å²) in [7, 11) is -2.49. The van der Waals surface area contributed by atoms with Crippen LogP contribution in [0.5, 0.6) is 11.5 Å². The fraction of sp³-hybridized carbons (Fsp3) is 0.231. The maximum Gasteiger partial charge on any atom is 0.264 e. The lowest BCUT2D eigenvalue weighted by atomic mass is 10.2. The summed E-state index contributed by atoms with van der Waals surface area (Å²) in [6.45, 7) is 1.42. The van der Waals surface area contributed by atoms with Crippen LogP contribution < -0.4 is 19.2 Å². The number of hydrogen-bond acceptors (Lipinski definition) is 7. The number of carbonyl (C=O) groups is 1. The quantitative estimate of drug-likeness (QED) is 0.319. The van der Waals surface area contributed by atoms with Gasteiger partial charge in [0.15, 0.2) is 0 Å².